The van der Waals surface area contributed by atoms with E-state index in [0.29, 0.717) is 18.7 Å². The van der Waals surface area contributed by atoms with E-state index in [1.807, 2.05) is 62.4 Å². The van der Waals surface area contributed by atoms with Crippen LogP contribution >= 0.6 is 0 Å². The summed E-state index contributed by atoms with van der Waals surface area (Å²) in [5.41, 5.74) is 4.54. The van der Waals surface area contributed by atoms with E-state index >= 15 is 0 Å². The molecule has 1 aliphatic rings. The summed E-state index contributed by atoms with van der Waals surface area (Å²) in [7, 11) is 0. The van der Waals surface area contributed by atoms with Gasteiger partial charge in [-0.1, -0.05) is 48.0 Å². The molecular formula is C24H27N3O4. The van der Waals surface area contributed by atoms with Crippen molar-refractivity contribution in [1.29, 1.82) is 0 Å². The Morgan fingerprint density at radius 1 is 1.10 bits per heavy atom. The average Bonchev–Trinajstić information content (AvgIpc) is 3.25. The van der Waals surface area contributed by atoms with Gasteiger partial charge < -0.3 is 10.1 Å². The van der Waals surface area contributed by atoms with Crippen molar-refractivity contribution in [3.05, 3.63) is 65.2 Å². The predicted octanol–water partition coefficient (Wildman–Crippen LogP) is 3.59. The number of rotatable bonds is 7. The Bertz CT molecular complexity index is 1000. The number of esters is 1. The van der Waals surface area contributed by atoms with Crippen LogP contribution in [-0.2, 0) is 19.1 Å². The number of amides is 2. The summed E-state index contributed by atoms with van der Waals surface area (Å²) < 4.78 is 5.19. The number of hydrazone groups is 1. The highest BCUT2D eigenvalue weighted by Crippen LogP contribution is 2.17. The summed E-state index contributed by atoms with van der Waals surface area (Å²) in [5.74, 6) is -1.25. The van der Waals surface area contributed by atoms with Crippen LogP contribution in [0.15, 0.2) is 53.6 Å². The fraction of sp³-hybridized carbons (Fsp3) is 0.333. The zero-order valence-corrected chi connectivity index (χ0v) is 18.1. The number of aryl methyl sites for hydroxylation is 2. The van der Waals surface area contributed by atoms with Crippen LogP contribution in [-0.4, -0.2) is 41.2 Å². The lowest BCUT2D eigenvalue weighted by Gasteiger charge is -2.15. The zero-order valence-electron chi connectivity index (χ0n) is 18.1. The number of hydrogen-bond donors (Lipinski definition) is 1. The van der Waals surface area contributed by atoms with Crippen LogP contribution in [0.2, 0.25) is 0 Å². The van der Waals surface area contributed by atoms with Crippen molar-refractivity contribution in [3.8, 4) is 0 Å². The first-order valence-electron chi connectivity index (χ1n) is 10.3. The van der Waals surface area contributed by atoms with Crippen LogP contribution in [0.25, 0.3) is 0 Å². The number of nitrogens with zero attached hydrogens (tertiary/aromatic N) is 2. The number of nitrogens with one attached hydrogen (secondary N) is 1. The van der Waals surface area contributed by atoms with E-state index < -0.39 is 18.0 Å². The maximum Gasteiger partial charge on any atom is 0.307 e. The molecule has 162 valence electrons. The highest BCUT2D eigenvalue weighted by Gasteiger charge is 2.23. The highest BCUT2D eigenvalue weighted by molar-refractivity contribution is 6.02. The van der Waals surface area contributed by atoms with E-state index in [4.69, 9.17) is 4.74 Å². The quantitative estimate of drug-likeness (QED) is 0.692. The molecule has 0 spiro atoms. The van der Waals surface area contributed by atoms with Crippen LogP contribution in [0.1, 0.15) is 42.9 Å². The Morgan fingerprint density at radius 3 is 2.55 bits per heavy atom. The highest BCUT2D eigenvalue weighted by atomic mass is 16.5. The molecule has 1 atom stereocenters. The van der Waals surface area contributed by atoms with Gasteiger partial charge in [-0.3, -0.25) is 14.4 Å². The fourth-order valence-electron chi connectivity index (χ4n) is 3.31. The van der Waals surface area contributed by atoms with Gasteiger partial charge in [0.15, 0.2) is 6.10 Å². The molecule has 7 nitrogen and oxygen atoms in total. The van der Waals surface area contributed by atoms with Crippen molar-refractivity contribution in [2.75, 3.05) is 11.9 Å². The molecule has 1 N–H and O–H groups in total. The lowest BCUT2D eigenvalue weighted by atomic mass is 10.1. The number of hydrogen-bond acceptors (Lipinski definition) is 5. The van der Waals surface area contributed by atoms with Crippen LogP contribution in [0.4, 0.5) is 5.69 Å². The van der Waals surface area contributed by atoms with Gasteiger partial charge in [0.25, 0.3) is 5.91 Å². The summed E-state index contributed by atoms with van der Waals surface area (Å²) >= 11 is 0. The van der Waals surface area contributed by atoms with Gasteiger partial charge in [0, 0.05) is 18.5 Å². The van der Waals surface area contributed by atoms with Crippen molar-refractivity contribution in [2.45, 2.75) is 46.1 Å². The smallest absolute Gasteiger partial charge is 0.307 e. The summed E-state index contributed by atoms with van der Waals surface area (Å²) in [6.07, 6.45) is -0.406. The van der Waals surface area contributed by atoms with Crippen molar-refractivity contribution < 1.29 is 19.1 Å². The van der Waals surface area contributed by atoms with Gasteiger partial charge in [-0.05, 0) is 38.0 Å². The van der Waals surface area contributed by atoms with E-state index in [1.54, 1.807) is 0 Å². The monoisotopic (exact) mass is 421 g/mol. The molecular weight excluding hydrogens is 394 g/mol. The second-order valence-corrected chi connectivity index (χ2v) is 7.62. The standard InChI is InChI=1S/C24H27N3O4/c1-16-9-10-20(17(2)15-16)25-24(30)18(3)31-23(29)12-11-22(28)27-14-13-21(26-27)19-7-5-4-6-8-19/h4-10,15,18H,11-14H2,1-3H3,(H,25,30)/t18-/m0/s1. The van der Waals surface area contributed by atoms with E-state index in [1.165, 1.54) is 11.9 Å². The van der Waals surface area contributed by atoms with E-state index in [2.05, 4.69) is 10.4 Å². The third kappa shape index (κ3) is 6.01. The second-order valence-electron chi connectivity index (χ2n) is 7.62. The van der Waals surface area contributed by atoms with Crippen LogP contribution in [0.3, 0.4) is 0 Å². The first kappa shape index (κ1) is 22.2. The van der Waals surface area contributed by atoms with Gasteiger partial charge in [-0.2, -0.15) is 5.10 Å². The number of carbonyl (C=O) groups excluding carboxylic acids is 3. The van der Waals surface area contributed by atoms with Gasteiger partial charge in [0.05, 0.1) is 18.7 Å². The SMILES string of the molecule is Cc1ccc(NC(=O)[C@H](C)OC(=O)CCC(=O)N2CCC(c3ccccc3)=N2)c(C)c1. The van der Waals surface area contributed by atoms with Crippen LogP contribution in [0.5, 0.6) is 0 Å². The van der Waals surface area contributed by atoms with Crippen molar-refractivity contribution in [3.63, 3.8) is 0 Å². The molecule has 1 heterocycles. The summed E-state index contributed by atoms with van der Waals surface area (Å²) in [5, 5.41) is 8.53. The molecule has 0 aliphatic carbocycles. The Kier molecular flexibility index (Phi) is 7.18. The molecule has 0 unspecified atom stereocenters. The fourth-order valence-corrected chi connectivity index (χ4v) is 3.31. The Balaban J connectivity index is 1.45. The first-order chi connectivity index (χ1) is 14.8. The molecule has 0 saturated heterocycles. The van der Waals surface area contributed by atoms with Crippen LogP contribution in [0, 0.1) is 13.8 Å². The van der Waals surface area contributed by atoms with E-state index in [-0.39, 0.29) is 18.7 Å². The first-order valence-corrected chi connectivity index (χ1v) is 10.3. The van der Waals surface area contributed by atoms with E-state index in [9.17, 15) is 14.4 Å². The molecule has 2 aromatic rings. The maximum absolute atomic E-state index is 12.4. The topological polar surface area (TPSA) is 88.1 Å². The Morgan fingerprint density at radius 2 is 1.84 bits per heavy atom. The maximum atomic E-state index is 12.4. The molecule has 0 fully saturated rings. The lowest BCUT2D eigenvalue weighted by Crippen LogP contribution is -2.31. The summed E-state index contributed by atoms with van der Waals surface area (Å²) in [6.45, 7) is 5.87. The third-order valence-corrected chi connectivity index (χ3v) is 5.06. The molecule has 0 saturated carbocycles. The van der Waals surface area contributed by atoms with Gasteiger partial charge in [-0.15, -0.1) is 0 Å². The minimum Gasteiger partial charge on any atom is -0.453 e. The van der Waals surface area contributed by atoms with Crippen LogP contribution < -0.4 is 5.32 Å². The number of carbonyl (C=O) groups is 3. The van der Waals surface area contributed by atoms with Gasteiger partial charge >= 0.3 is 5.97 Å². The van der Waals surface area contributed by atoms with E-state index in [0.717, 1.165) is 22.4 Å². The number of benzene rings is 2. The van der Waals surface area contributed by atoms with Crippen molar-refractivity contribution in [2.24, 2.45) is 5.10 Å². The molecule has 1 aliphatic heterocycles. The Hall–Kier alpha value is -3.48. The molecule has 31 heavy (non-hydrogen) atoms. The normalized spacial score (nSPS) is 14.0. The third-order valence-electron chi connectivity index (χ3n) is 5.06. The van der Waals surface area contributed by atoms with Gasteiger partial charge in [-0.25, -0.2) is 5.01 Å². The Labute approximate surface area is 182 Å². The predicted molar refractivity (Wildman–Crippen MR) is 119 cm³/mol. The average molecular weight is 421 g/mol. The molecule has 2 aromatic carbocycles. The largest absolute Gasteiger partial charge is 0.453 e. The summed E-state index contributed by atoms with van der Waals surface area (Å²) in [4.78, 5) is 36.8. The minimum atomic E-state index is -0.960. The number of anilines is 1. The second kappa shape index (κ2) is 10.0. The van der Waals surface area contributed by atoms with Gasteiger partial charge in [0.1, 0.15) is 0 Å². The molecule has 0 radical (unpaired) electrons. The van der Waals surface area contributed by atoms with Crippen molar-refractivity contribution >= 4 is 29.2 Å². The molecule has 0 bridgehead atoms. The van der Waals surface area contributed by atoms with Gasteiger partial charge in [0.2, 0.25) is 5.91 Å². The molecule has 2 amide bonds. The minimum absolute atomic E-state index is 0.0180. The zero-order chi connectivity index (χ0) is 22.4. The lowest BCUT2D eigenvalue weighted by molar-refractivity contribution is -0.154. The van der Waals surface area contributed by atoms with Crippen molar-refractivity contribution in [1.82, 2.24) is 5.01 Å². The molecule has 0 aromatic heterocycles. The summed E-state index contributed by atoms with van der Waals surface area (Å²) in [6, 6.07) is 15.4. The number of ether oxygens (including phenoxy) is 1. The molecule has 3 rings (SSSR count). The molecule has 7 heteroatoms.